The first-order valence-electron chi connectivity index (χ1n) is 17.5. The molecule has 0 spiro atoms. The van der Waals surface area contributed by atoms with Crippen LogP contribution in [0.15, 0.2) is 54.7 Å². The summed E-state index contributed by atoms with van der Waals surface area (Å²) in [7, 11) is 1.28. The molecule has 2 atom stereocenters. The number of amides is 3. The largest absolute Gasteiger partial charge is 0.453 e. The maximum absolute atomic E-state index is 13.8. The molecule has 3 heterocycles. The lowest BCUT2D eigenvalue weighted by Gasteiger charge is -2.37. The average molecular weight is 715 g/mol. The normalized spacial score (nSPS) is 16.9. The number of anilines is 1. The number of H-pyrrole nitrogens is 1. The van der Waals surface area contributed by atoms with Gasteiger partial charge in [0, 0.05) is 29.4 Å². The monoisotopic (exact) mass is 714 g/mol. The Labute approximate surface area is 304 Å². The highest BCUT2D eigenvalue weighted by Crippen LogP contribution is 2.39. The summed E-state index contributed by atoms with van der Waals surface area (Å²) in [5.41, 5.74) is 1.96. The first-order chi connectivity index (χ1) is 24.3. The number of likely N-dealkylation sites (tertiary alicyclic amines) is 1. The van der Waals surface area contributed by atoms with E-state index in [0.717, 1.165) is 22.9 Å². The van der Waals surface area contributed by atoms with Gasteiger partial charge in [-0.05, 0) is 97.1 Å². The Morgan fingerprint density at radius 1 is 0.904 bits per heavy atom. The molecule has 3 N–H and O–H groups in total. The second-order valence-electron chi connectivity index (χ2n) is 15.7. The Kier molecular flexibility index (Phi) is 10.5. The predicted octanol–water partition coefficient (Wildman–Crippen LogP) is 8.05. The van der Waals surface area contributed by atoms with Gasteiger partial charge in [-0.25, -0.2) is 23.9 Å². The molecular weight excluding hydrogens is 664 g/mol. The Hall–Kier alpha value is -5.33. The number of hydrogen-bond acceptors (Lipinski definition) is 8. The molecule has 278 valence electrons. The van der Waals surface area contributed by atoms with Crippen molar-refractivity contribution < 1.29 is 33.4 Å². The van der Waals surface area contributed by atoms with Gasteiger partial charge in [0.25, 0.3) is 0 Å². The molecule has 13 nitrogen and oxygen atoms in total. The van der Waals surface area contributed by atoms with E-state index in [2.05, 4.69) is 15.6 Å². The molecule has 1 aliphatic rings. The molecule has 1 aliphatic heterocycles. The number of ether oxygens (including phenoxy) is 3. The zero-order chi connectivity index (χ0) is 38.2. The van der Waals surface area contributed by atoms with Crippen LogP contribution in [-0.4, -0.2) is 74.5 Å². The molecule has 1 saturated heterocycles. The highest BCUT2D eigenvalue weighted by Gasteiger charge is 2.46. The van der Waals surface area contributed by atoms with E-state index in [9.17, 15) is 19.2 Å². The third-order valence-electron chi connectivity index (χ3n) is 8.89. The lowest BCUT2D eigenvalue weighted by atomic mass is 9.95. The van der Waals surface area contributed by atoms with Crippen molar-refractivity contribution in [1.29, 1.82) is 0 Å². The molecule has 4 aromatic rings. The van der Waals surface area contributed by atoms with Crippen LogP contribution in [0, 0.1) is 5.92 Å². The summed E-state index contributed by atoms with van der Waals surface area (Å²) < 4.78 is 17.5. The summed E-state index contributed by atoms with van der Waals surface area (Å²) in [4.78, 5) is 61.9. The van der Waals surface area contributed by atoms with Crippen molar-refractivity contribution in [3.8, 4) is 22.5 Å². The molecule has 5 rings (SSSR count). The minimum atomic E-state index is -0.740. The molecule has 0 radical (unpaired) electrons. The van der Waals surface area contributed by atoms with Gasteiger partial charge in [0.1, 0.15) is 23.1 Å². The number of rotatable bonds is 7. The molecule has 0 aliphatic carbocycles. The number of hydrogen-bond donors (Lipinski definition) is 3. The second-order valence-corrected chi connectivity index (χ2v) is 15.7. The van der Waals surface area contributed by atoms with Crippen molar-refractivity contribution in [2.24, 2.45) is 5.92 Å². The number of nitrogens with one attached hydrogen (secondary N) is 3. The number of carbonyl (C=O) groups excluding carboxylic acids is 4. The number of methoxy groups -OCH3 is 1. The van der Waals surface area contributed by atoms with Crippen LogP contribution in [0.25, 0.3) is 33.4 Å². The Morgan fingerprint density at radius 2 is 1.56 bits per heavy atom. The number of alkyl carbamates (subject to hydrolysis) is 1. The fourth-order valence-corrected chi connectivity index (χ4v) is 6.42. The van der Waals surface area contributed by atoms with E-state index >= 15 is 0 Å². The van der Waals surface area contributed by atoms with E-state index < -0.39 is 41.1 Å². The molecule has 13 heteroatoms. The van der Waals surface area contributed by atoms with Gasteiger partial charge < -0.3 is 29.4 Å². The van der Waals surface area contributed by atoms with E-state index in [1.54, 1.807) is 43.9 Å². The quantitative estimate of drug-likeness (QED) is 0.162. The first kappa shape index (κ1) is 37.9. The third kappa shape index (κ3) is 8.24. The van der Waals surface area contributed by atoms with Crippen LogP contribution in [0.5, 0.6) is 0 Å². The SMILES string of the molecule is COC(=O)N[C@H](C(=O)N1CCC[C@@]1(C)c1nc(-c2ccc(-c3cc4cc(NC(=O)OC(C)(C)C)ccc4n3C(=O)OC(C)(C)C)cc2)c[nH]1)C(C)C. The highest BCUT2D eigenvalue weighted by molar-refractivity contribution is 5.99. The summed E-state index contributed by atoms with van der Waals surface area (Å²) in [5.74, 6) is 0.321. The number of aromatic nitrogens is 3. The molecule has 0 saturated carbocycles. The van der Waals surface area contributed by atoms with Crippen molar-refractivity contribution in [3.63, 3.8) is 0 Å². The molecular formula is C39H50N6O7. The Morgan fingerprint density at radius 3 is 2.17 bits per heavy atom. The van der Waals surface area contributed by atoms with Crippen LogP contribution >= 0.6 is 0 Å². The third-order valence-corrected chi connectivity index (χ3v) is 8.89. The van der Waals surface area contributed by atoms with Crippen molar-refractivity contribution in [3.05, 3.63) is 60.6 Å². The topological polar surface area (TPSA) is 157 Å². The van der Waals surface area contributed by atoms with Crippen molar-refractivity contribution in [1.82, 2.24) is 24.8 Å². The lowest BCUT2D eigenvalue weighted by Crippen LogP contribution is -2.55. The number of nitrogens with zero attached hydrogens (tertiary/aromatic N) is 3. The van der Waals surface area contributed by atoms with Crippen LogP contribution in [0.3, 0.4) is 0 Å². The van der Waals surface area contributed by atoms with Crippen LogP contribution < -0.4 is 10.6 Å². The Bertz CT molecular complexity index is 1960. The van der Waals surface area contributed by atoms with Crippen LogP contribution in [-0.2, 0) is 24.5 Å². The first-order valence-corrected chi connectivity index (χ1v) is 17.5. The fourth-order valence-electron chi connectivity index (χ4n) is 6.42. The lowest BCUT2D eigenvalue weighted by molar-refractivity contribution is -0.138. The van der Waals surface area contributed by atoms with E-state index in [0.29, 0.717) is 41.4 Å². The smallest absolute Gasteiger partial charge is 0.419 e. The number of fused-ring (bicyclic) bond motifs is 1. The van der Waals surface area contributed by atoms with Crippen molar-refractivity contribution in [2.45, 2.75) is 97.9 Å². The van der Waals surface area contributed by atoms with Crippen LogP contribution in [0.4, 0.5) is 20.1 Å². The average Bonchev–Trinajstić information content (AvgIpc) is 3.79. The summed E-state index contributed by atoms with van der Waals surface area (Å²) >= 11 is 0. The minimum absolute atomic E-state index is 0.146. The standard InChI is InChI=1S/C39H50N6O7/c1-23(2)31(43-34(47)50-10)32(46)44-19-11-18-39(44,9)33-40-22-28(42-33)24-12-14-25(15-13-24)30-21-26-20-27(41-35(48)51-37(3,4)5)16-17-29(26)45(30)36(49)52-38(6,7)8/h12-17,20-23,31H,11,18-19H2,1-10H3,(H,40,42)(H,41,48)(H,43,47)/t31-,39-/m0/s1. The van der Waals surface area contributed by atoms with E-state index in [4.69, 9.17) is 19.2 Å². The van der Waals surface area contributed by atoms with Gasteiger partial charge in [-0.3, -0.25) is 10.1 Å². The molecule has 0 bridgehead atoms. The van der Waals surface area contributed by atoms with Gasteiger partial charge in [0.05, 0.1) is 29.6 Å². The maximum atomic E-state index is 13.8. The zero-order valence-electron chi connectivity index (χ0n) is 31.7. The van der Waals surface area contributed by atoms with Gasteiger partial charge in [0.15, 0.2) is 0 Å². The summed E-state index contributed by atoms with van der Waals surface area (Å²) in [6.07, 6.45) is 1.56. The molecule has 2 aromatic heterocycles. The van der Waals surface area contributed by atoms with Gasteiger partial charge in [-0.1, -0.05) is 38.1 Å². The molecule has 1 fully saturated rings. The van der Waals surface area contributed by atoms with E-state index in [1.165, 1.54) is 11.7 Å². The second kappa shape index (κ2) is 14.4. The number of imidazole rings is 1. The molecule has 0 unspecified atom stereocenters. The van der Waals surface area contributed by atoms with E-state index in [1.807, 2.05) is 78.1 Å². The fraction of sp³-hybridized carbons (Fsp3) is 0.462. The van der Waals surface area contributed by atoms with Gasteiger partial charge in [-0.15, -0.1) is 0 Å². The van der Waals surface area contributed by atoms with Gasteiger partial charge in [-0.2, -0.15) is 0 Å². The van der Waals surface area contributed by atoms with Crippen molar-refractivity contribution in [2.75, 3.05) is 19.0 Å². The highest BCUT2D eigenvalue weighted by atomic mass is 16.6. The number of carbonyl (C=O) groups is 4. The summed E-state index contributed by atoms with van der Waals surface area (Å²) in [5, 5.41) is 6.18. The van der Waals surface area contributed by atoms with Crippen molar-refractivity contribution >= 4 is 40.8 Å². The van der Waals surface area contributed by atoms with Gasteiger partial charge >= 0.3 is 18.3 Å². The van der Waals surface area contributed by atoms with Gasteiger partial charge in [0.2, 0.25) is 5.91 Å². The maximum Gasteiger partial charge on any atom is 0.419 e. The predicted molar refractivity (Wildman–Crippen MR) is 199 cm³/mol. The molecule has 2 aromatic carbocycles. The van der Waals surface area contributed by atoms with E-state index in [-0.39, 0.29) is 11.8 Å². The number of benzene rings is 2. The molecule has 52 heavy (non-hydrogen) atoms. The van der Waals surface area contributed by atoms with Crippen LogP contribution in [0.1, 0.15) is 81.0 Å². The number of aromatic amines is 1. The summed E-state index contributed by atoms with van der Waals surface area (Å²) in [6.45, 7) is 17.1. The zero-order valence-corrected chi connectivity index (χ0v) is 31.7. The summed E-state index contributed by atoms with van der Waals surface area (Å²) in [6, 6.07) is 14.1. The molecule has 3 amide bonds. The minimum Gasteiger partial charge on any atom is -0.453 e. The Balaban J connectivity index is 1.44. The van der Waals surface area contributed by atoms with Crippen LogP contribution in [0.2, 0.25) is 0 Å².